The number of pyridine rings is 1. The van der Waals surface area contributed by atoms with E-state index < -0.39 is 5.50 Å². The number of alkyl halides is 1. The van der Waals surface area contributed by atoms with Gasteiger partial charge in [-0.1, -0.05) is 22.9 Å². The zero-order valence-electron chi connectivity index (χ0n) is 10.8. The highest BCUT2D eigenvalue weighted by atomic mass is 35.5. The average molecular weight is 314 g/mol. The summed E-state index contributed by atoms with van der Waals surface area (Å²) in [5, 5.41) is 3.09. The van der Waals surface area contributed by atoms with Crippen molar-refractivity contribution in [2.45, 2.75) is 25.5 Å². The molecule has 0 aliphatic rings. The van der Waals surface area contributed by atoms with Crippen LogP contribution < -0.4 is 9.47 Å². The molecule has 0 N–H and O–H groups in total. The fraction of sp³-hybridized carbons (Fsp3) is 0.333. The van der Waals surface area contributed by atoms with Crippen LogP contribution in [0, 0.1) is 4.91 Å². The first kappa shape index (κ1) is 14.7. The fourth-order valence-electron chi connectivity index (χ4n) is 1.32. The van der Waals surface area contributed by atoms with E-state index in [1.165, 1.54) is 12.4 Å². The number of hydrogen-bond acceptors (Lipinski definition) is 7. The van der Waals surface area contributed by atoms with Gasteiger partial charge in [-0.15, -0.1) is 4.91 Å². The Balaban J connectivity index is 2.02. The molecular formula is C12H12ClN3O3S. The van der Waals surface area contributed by atoms with Gasteiger partial charge in [0.2, 0.25) is 11.4 Å². The molecular weight excluding hydrogens is 302 g/mol. The predicted molar refractivity (Wildman–Crippen MR) is 76.6 cm³/mol. The number of thiazole rings is 1. The summed E-state index contributed by atoms with van der Waals surface area (Å²) in [6.45, 7) is 3.85. The molecule has 2 heterocycles. The highest BCUT2D eigenvalue weighted by molar-refractivity contribution is 7.13. The van der Waals surface area contributed by atoms with Gasteiger partial charge in [0.15, 0.2) is 0 Å². The van der Waals surface area contributed by atoms with E-state index in [0.29, 0.717) is 21.7 Å². The Morgan fingerprint density at radius 1 is 1.30 bits per heavy atom. The normalized spacial score (nSPS) is 12.2. The van der Waals surface area contributed by atoms with Crippen molar-refractivity contribution < 1.29 is 9.47 Å². The first-order valence-electron chi connectivity index (χ1n) is 5.81. The van der Waals surface area contributed by atoms with Crippen LogP contribution in [0.15, 0.2) is 29.7 Å². The lowest BCUT2D eigenvalue weighted by Crippen LogP contribution is -2.06. The van der Waals surface area contributed by atoms with Gasteiger partial charge in [-0.05, 0) is 25.1 Å². The quantitative estimate of drug-likeness (QED) is 0.455. The lowest BCUT2D eigenvalue weighted by atomic mass is 10.4. The Kier molecular flexibility index (Phi) is 4.86. The van der Waals surface area contributed by atoms with Crippen LogP contribution in [-0.2, 0) is 0 Å². The van der Waals surface area contributed by atoms with Gasteiger partial charge in [0, 0.05) is 12.3 Å². The van der Waals surface area contributed by atoms with Crippen molar-refractivity contribution in [1.82, 2.24) is 9.97 Å². The average Bonchev–Trinajstić information content (AvgIpc) is 2.88. The molecule has 0 radical (unpaired) electrons. The maximum Gasteiger partial charge on any atom is 0.279 e. The molecule has 0 spiro atoms. The minimum atomic E-state index is -0.940. The first-order chi connectivity index (χ1) is 9.58. The molecule has 2 aromatic heterocycles. The third kappa shape index (κ3) is 3.88. The van der Waals surface area contributed by atoms with Crippen LogP contribution in [0.4, 0.5) is 0 Å². The molecule has 1 atom stereocenters. The molecule has 6 nitrogen and oxygen atoms in total. The zero-order chi connectivity index (χ0) is 14.5. The van der Waals surface area contributed by atoms with E-state index in [1.807, 2.05) is 13.8 Å². The maximum absolute atomic E-state index is 10.3. The van der Waals surface area contributed by atoms with Crippen molar-refractivity contribution in [3.63, 3.8) is 0 Å². The van der Waals surface area contributed by atoms with Gasteiger partial charge < -0.3 is 9.47 Å². The third-order valence-corrected chi connectivity index (χ3v) is 3.47. The smallest absolute Gasteiger partial charge is 0.279 e. The summed E-state index contributed by atoms with van der Waals surface area (Å²) < 4.78 is 10.9. The molecule has 20 heavy (non-hydrogen) atoms. The van der Waals surface area contributed by atoms with Crippen LogP contribution in [0.3, 0.4) is 0 Å². The minimum absolute atomic E-state index is 0.0623. The maximum atomic E-state index is 10.3. The Morgan fingerprint density at radius 2 is 2.10 bits per heavy atom. The number of halogens is 1. The second-order valence-electron chi connectivity index (χ2n) is 4.07. The van der Waals surface area contributed by atoms with Crippen LogP contribution in [0.5, 0.6) is 16.8 Å². The molecule has 0 aliphatic heterocycles. The van der Waals surface area contributed by atoms with E-state index in [1.54, 1.807) is 12.1 Å². The molecule has 0 fully saturated rings. The number of nitroso groups, excluding NO2 is 1. The van der Waals surface area contributed by atoms with E-state index in [9.17, 15) is 4.91 Å². The number of aromatic nitrogens is 2. The molecule has 0 aromatic carbocycles. The van der Waals surface area contributed by atoms with Crippen molar-refractivity contribution in [2.75, 3.05) is 0 Å². The van der Waals surface area contributed by atoms with Crippen molar-refractivity contribution in [1.29, 1.82) is 0 Å². The molecule has 106 valence electrons. The third-order valence-electron chi connectivity index (χ3n) is 2.10. The zero-order valence-corrected chi connectivity index (χ0v) is 12.4. The van der Waals surface area contributed by atoms with Crippen molar-refractivity contribution in [3.05, 3.63) is 34.3 Å². The Morgan fingerprint density at radius 3 is 2.70 bits per heavy atom. The highest BCUT2D eigenvalue weighted by Crippen LogP contribution is 2.33. The molecule has 8 heteroatoms. The summed E-state index contributed by atoms with van der Waals surface area (Å²) >= 11 is 6.84. The first-order valence-corrected chi connectivity index (χ1v) is 7.06. The number of hydrogen-bond donors (Lipinski definition) is 0. The molecule has 0 amide bonds. The van der Waals surface area contributed by atoms with E-state index in [2.05, 4.69) is 15.1 Å². The largest absolute Gasteiger partial charge is 0.475 e. The fourth-order valence-corrected chi connectivity index (χ4v) is 2.20. The summed E-state index contributed by atoms with van der Waals surface area (Å²) in [5.74, 6) is 1.05. The topological polar surface area (TPSA) is 73.7 Å². The number of rotatable bonds is 6. The SMILES string of the molecule is CC(C)Oc1ccc(Oc2ncc(C(Cl)N=O)s2)cn1. The van der Waals surface area contributed by atoms with Gasteiger partial charge in [-0.2, -0.15) is 0 Å². The lowest BCUT2D eigenvalue weighted by Gasteiger charge is -2.08. The van der Waals surface area contributed by atoms with Crippen LogP contribution in [0.1, 0.15) is 24.2 Å². The molecule has 0 aliphatic carbocycles. The van der Waals surface area contributed by atoms with Gasteiger partial charge >= 0.3 is 0 Å². The predicted octanol–water partition coefficient (Wildman–Crippen LogP) is 4.12. The van der Waals surface area contributed by atoms with Crippen molar-refractivity contribution in [2.24, 2.45) is 5.18 Å². The lowest BCUT2D eigenvalue weighted by molar-refractivity contribution is 0.232. The second-order valence-corrected chi connectivity index (χ2v) is 5.51. The molecule has 2 aromatic rings. The van der Waals surface area contributed by atoms with Gasteiger partial charge in [0.25, 0.3) is 5.19 Å². The van der Waals surface area contributed by atoms with Gasteiger partial charge in [-0.25, -0.2) is 9.97 Å². The molecule has 0 saturated carbocycles. The Labute approximate surface area is 124 Å². The molecule has 0 saturated heterocycles. The van der Waals surface area contributed by atoms with Crippen molar-refractivity contribution >= 4 is 22.9 Å². The monoisotopic (exact) mass is 313 g/mol. The van der Waals surface area contributed by atoms with E-state index in [-0.39, 0.29) is 6.10 Å². The van der Waals surface area contributed by atoms with Crippen LogP contribution in [0.2, 0.25) is 0 Å². The van der Waals surface area contributed by atoms with Crippen LogP contribution in [-0.4, -0.2) is 16.1 Å². The number of nitrogens with zero attached hydrogens (tertiary/aromatic N) is 3. The van der Waals surface area contributed by atoms with Gasteiger partial charge in [0.1, 0.15) is 5.75 Å². The van der Waals surface area contributed by atoms with Crippen LogP contribution >= 0.6 is 22.9 Å². The summed E-state index contributed by atoms with van der Waals surface area (Å²) in [7, 11) is 0. The summed E-state index contributed by atoms with van der Waals surface area (Å²) in [4.78, 5) is 19.0. The second kappa shape index (κ2) is 6.62. The van der Waals surface area contributed by atoms with Gasteiger partial charge in [-0.3, -0.25) is 0 Å². The Bertz CT molecular complexity index is 574. The molecule has 2 rings (SSSR count). The standard InChI is InChI=1S/C12H12ClN3O3S/c1-7(2)18-10-4-3-8(5-14-10)19-12-15-6-9(20-12)11(13)16-17/h3-7,11H,1-2H3. The van der Waals surface area contributed by atoms with E-state index in [4.69, 9.17) is 21.1 Å². The Hall–Kier alpha value is -1.73. The number of ether oxygens (including phenoxy) is 2. The van der Waals surface area contributed by atoms with Crippen LogP contribution in [0.25, 0.3) is 0 Å². The summed E-state index contributed by atoms with van der Waals surface area (Å²) in [5.41, 5.74) is -0.940. The summed E-state index contributed by atoms with van der Waals surface area (Å²) in [6.07, 6.45) is 3.06. The van der Waals surface area contributed by atoms with E-state index >= 15 is 0 Å². The van der Waals surface area contributed by atoms with Gasteiger partial charge in [0.05, 0.1) is 17.2 Å². The van der Waals surface area contributed by atoms with Crippen molar-refractivity contribution in [3.8, 4) is 16.8 Å². The molecule has 0 bridgehead atoms. The highest BCUT2D eigenvalue weighted by Gasteiger charge is 2.13. The molecule has 1 unspecified atom stereocenters. The minimum Gasteiger partial charge on any atom is -0.475 e. The van der Waals surface area contributed by atoms with E-state index in [0.717, 1.165) is 11.3 Å². The summed E-state index contributed by atoms with van der Waals surface area (Å²) in [6, 6.07) is 3.43.